The van der Waals surface area contributed by atoms with E-state index in [4.69, 9.17) is 10.5 Å². The van der Waals surface area contributed by atoms with Gasteiger partial charge in [-0.05, 0) is 18.9 Å². The number of nitrogens with two attached hydrogens (primary N) is 1. The maximum Gasteiger partial charge on any atom is 0.234 e. The first-order chi connectivity index (χ1) is 8.65. The van der Waals surface area contributed by atoms with Gasteiger partial charge in [-0.2, -0.15) is 0 Å². The van der Waals surface area contributed by atoms with Gasteiger partial charge in [-0.15, -0.1) is 0 Å². The van der Waals surface area contributed by atoms with Crippen LogP contribution in [0.25, 0.3) is 0 Å². The monoisotopic (exact) mass is 360 g/mol. The third kappa shape index (κ3) is 2.61. The number of likely N-dealkylation sites (tertiary alicyclic amines) is 1. The molecular weight excluding hydrogens is 343 g/mol. The molecule has 0 aliphatic carbocycles. The molecule has 2 atom stereocenters. The van der Waals surface area contributed by atoms with Crippen LogP contribution in [0.15, 0.2) is 24.3 Å². The lowest BCUT2D eigenvalue weighted by Crippen LogP contribution is -2.40. The third-order valence-corrected chi connectivity index (χ3v) is 4.70. The minimum Gasteiger partial charge on any atom is -0.496 e. The molecule has 0 bridgehead atoms. The summed E-state index contributed by atoms with van der Waals surface area (Å²) in [6.07, 6.45) is 1.87. The van der Waals surface area contributed by atoms with E-state index in [1.54, 1.807) is 7.11 Å². The van der Waals surface area contributed by atoms with Crippen molar-refractivity contribution in [1.82, 2.24) is 4.90 Å². The van der Waals surface area contributed by atoms with Crippen LogP contribution in [0.3, 0.4) is 0 Å². The van der Waals surface area contributed by atoms with E-state index in [9.17, 15) is 4.79 Å². The summed E-state index contributed by atoms with van der Waals surface area (Å²) < 4.78 is 5.48. The van der Waals surface area contributed by atoms with Gasteiger partial charge in [-0.25, -0.2) is 0 Å². The number of para-hydroxylation sites is 1. The molecule has 2 N–H and O–H groups in total. The summed E-state index contributed by atoms with van der Waals surface area (Å²) >= 11 is 2.35. The fourth-order valence-electron chi connectivity index (χ4n) is 2.41. The minimum absolute atomic E-state index is 0.110. The van der Waals surface area contributed by atoms with Gasteiger partial charge in [-0.1, -0.05) is 40.8 Å². The minimum atomic E-state index is -0.232. The van der Waals surface area contributed by atoms with Crippen molar-refractivity contribution in [3.63, 3.8) is 0 Å². The molecule has 1 amide bonds. The Morgan fingerprint density at radius 3 is 2.94 bits per heavy atom. The lowest BCUT2D eigenvalue weighted by atomic mass is 10.1. The van der Waals surface area contributed by atoms with Crippen molar-refractivity contribution in [3.05, 3.63) is 29.8 Å². The molecule has 1 aliphatic heterocycles. The molecule has 0 aromatic heterocycles. The predicted octanol–water partition coefficient (Wildman–Crippen LogP) is 2.08. The van der Waals surface area contributed by atoms with E-state index in [1.807, 2.05) is 24.3 Å². The smallest absolute Gasteiger partial charge is 0.234 e. The van der Waals surface area contributed by atoms with Gasteiger partial charge in [0.1, 0.15) is 5.75 Å². The molecule has 1 saturated heterocycles. The zero-order valence-corrected chi connectivity index (χ0v) is 12.5. The van der Waals surface area contributed by atoms with Gasteiger partial charge in [0.05, 0.1) is 17.2 Å². The summed E-state index contributed by atoms with van der Waals surface area (Å²) in [6, 6.07) is 7.75. The third-order valence-electron chi connectivity index (χ3n) is 3.31. The van der Waals surface area contributed by atoms with Crippen molar-refractivity contribution in [3.8, 4) is 5.75 Å². The molecule has 0 spiro atoms. The SMILES string of the molecule is COc1ccccc1C(I)N1CCCC1C(N)=O. The Morgan fingerprint density at radius 2 is 2.28 bits per heavy atom. The number of carbonyl (C=O) groups is 1. The number of hydrogen-bond acceptors (Lipinski definition) is 3. The average molecular weight is 360 g/mol. The number of ether oxygens (including phenoxy) is 1. The molecule has 1 aromatic carbocycles. The largest absolute Gasteiger partial charge is 0.496 e. The van der Waals surface area contributed by atoms with Gasteiger partial charge in [-0.3, -0.25) is 9.69 Å². The second-order valence-electron chi connectivity index (χ2n) is 4.38. The average Bonchev–Trinajstić information content (AvgIpc) is 2.87. The van der Waals surface area contributed by atoms with Gasteiger partial charge in [0.25, 0.3) is 0 Å². The van der Waals surface area contributed by atoms with Crippen LogP contribution < -0.4 is 10.5 Å². The summed E-state index contributed by atoms with van der Waals surface area (Å²) in [5, 5.41) is 0. The van der Waals surface area contributed by atoms with Gasteiger partial charge in [0.15, 0.2) is 0 Å². The molecule has 98 valence electrons. The Kier molecular flexibility index (Phi) is 4.45. The van der Waals surface area contributed by atoms with Crippen molar-refractivity contribution in [1.29, 1.82) is 0 Å². The topological polar surface area (TPSA) is 55.6 Å². The van der Waals surface area contributed by atoms with Crippen LogP contribution in [-0.4, -0.2) is 30.5 Å². The Hall–Kier alpha value is -0.820. The van der Waals surface area contributed by atoms with Crippen LogP contribution in [0, 0.1) is 0 Å². The molecule has 0 radical (unpaired) electrons. The number of carbonyl (C=O) groups excluding carboxylic acids is 1. The number of amides is 1. The van der Waals surface area contributed by atoms with E-state index in [0.29, 0.717) is 0 Å². The van der Waals surface area contributed by atoms with E-state index >= 15 is 0 Å². The van der Waals surface area contributed by atoms with E-state index in [2.05, 4.69) is 27.5 Å². The maximum atomic E-state index is 11.4. The van der Waals surface area contributed by atoms with Crippen molar-refractivity contribution in [2.45, 2.75) is 22.9 Å². The molecule has 0 saturated carbocycles. The van der Waals surface area contributed by atoms with Crippen molar-refractivity contribution < 1.29 is 9.53 Å². The fourth-order valence-corrected chi connectivity index (χ4v) is 3.59. The molecule has 2 rings (SSSR count). The zero-order valence-electron chi connectivity index (χ0n) is 10.3. The number of rotatable bonds is 4. The number of nitrogens with zero attached hydrogens (tertiary/aromatic N) is 1. The summed E-state index contributed by atoms with van der Waals surface area (Å²) in [5.41, 5.74) is 6.55. The highest BCUT2D eigenvalue weighted by molar-refractivity contribution is 14.1. The Labute approximate surface area is 121 Å². The molecule has 4 nitrogen and oxygen atoms in total. The lowest BCUT2D eigenvalue weighted by molar-refractivity contribution is -0.122. The highest BCUT2D eigenvalue weighted by Crippen LogP contribution is 2.38. The maximum absolute atomic E-state index is 11.4. The number of primary amides is 1. The normalized spacial score (nSPS) is 21.8. The summed E-state index contributed by atoms with van der Waals surface area (Å²) in [5.74, 6) is 0.621. The zero-order chi connectivity index (χ0) is 13.1. The molecular formula is C13H17IN2O2. The number of hydrogen-bond donors (Lipinski definition) is 1. The standard InChI is InChI=1S/C13H17IN2O2/c1-18-11-7-3-2-5-9(11)12(14)16-8-4-6-10(16)13(15)17/h2-3,5,7,10,12H,4,6,8H2,1H3,(H2,15,17). The fraction of sp³-hybridized carbons (Fsp3) is 0.462. The molecule has 5 heteroatoms. The highest BCUT2D eigenvalue weighted by Gasteiger charge is 2.34. The Morgan fingerprint density at radius 1 is 1.56 bits per heavy atom. The first kappa shape index (κ1) is 13.6. The van der Waals surface area contributed by atoms with Crippen LogP contribution >= 0.6 is 22.6 Å². The van der Waals surface area contributed by atoms with E-state index < -0.39 is 0 Å². The van der Waals surface area contributed by atoms with Crippen LogP contribution in [0.4, 0.5) is 0 Å². The molecule has 1 aliphatic rings. The molecule has 1 heterocycles. The molecule has 1 fully saturated rings. The van der Waals surface area contributed by atoms with Crippen molar-refractivity contribution >= 4 is 28.5 Å². The number of benzene rings is 1. The second kappa shape index (κ2) is 5.88. The predicted molar refractivity (Wildman–Crippen MR) is 78.7 cm³/mol. The number of alkyl halides is 1. The van der Waals surface area contributed by atoms with E-state index in [0.717, 1.165) is 30.7 Å². The first-order valence-corrected chi connectivity index (χ1v) is 7.21. The van der Waals surface area contributed by atoms with Crippen LogP contribution in [0.5, 0.6) is 5.75 Å². The molecule has 2 unspecified atom stereocenters. The Bertz CT molecular complexity index is 439. The summed E-state index contributed by atoms with van der Waals surface area (Å²) in [4.78, 5) is 13.6. The first-order valence-electron chi connectivity index (χ1n) is 5.97. The van der Waals surface area contributed by atoms with Crippen LogP contribution in [0.1, 0.15) is 22.5 Å². The molecule has 1 aromatic rings. The van der Waals surface area contributed by atoms with Gasteiger partial charge < -0.3 is 10.5 Å². The van der Waals surface area contributed by atoms with E-state index in [-0.39, 0.29) is 16.0 Å². The quantitative estimate of drug-likeness (QED) is 0.508. The summed E-state index contributed by atoms with van der Waals surface area (Å²) in [6.45, 7) is 0.902. The lowest BCUT2D eigenvalue weighted by Gasteiger charge is -2.28. The summed E-state index contributed by atoms with van der Waals surface area (Å²) in [7, 11) is 1.66. The van der Waals surface area contributed by atoms with Gasteiger partial charge in [0.2, 0.25) is 5.91 Å². The van der Waals surface area contributed by atoms with Crippen molar-refractivity contribution in [2.75, 3.05) is 13.7 Å². The second-order valence-corrected chi connectivity index (χ2v) is 5.56. The Balaban J connectivity index is 2.25. The van der Waals surface area contributed by atoms with Gasteiger partial charge in [0, 0.05) is 12.1 Å². The van der Waals surface area contributed by atoms with Gasteiger partial charge >= 0.3 is 0 Å². The molecule has 18 heavy (non-hydrogen) atoms. The number of methoxy groups -OCH3 is 1. The van der Waals surface area contributed by atoms with Crippen LogP contribution in [0.2, 0.25) is 0 Å². The van der Waals surface area contributed by atoms with Crippen LogP contribution in [-0.2, 0) is 4.79 Å². The highest BCUT2D eigenvalue weighted by atomic mass is 127. The van der Waals surface area contributed by atoms with E-state index in [1.165, 1.54) is 0 Å². The number of halogens is 1. The van der Waals surface area contributed by atoms with Crippen molar-refractivity contribution in [2.24, 2.45) is 5.73 Å².